The topological polar surface area (TPSA) is 46.2 Å². The summed E-state index contributed by atoms with van der Waals surface area (Å²) in [6.45, 7) is 4.76. The van der Waals surface area contributed by atoms with E-state index in [1.54, 1.807) is 0 Å². The number of aliphatic hydroxyl groups is 1. The zero-order chi connectivity index (χ0) is 13.4. The Hall–Kier alpha value is -0.510. The number of thioether (sulfide) groups is 1. The van der Waals surface area contributed by atoms with Gasteiger partial charge in [0, 0.05) is 6.54 Å². The van der Waals surface area contributed by atoms with Crippen LogP contribution in [0.3, 0.4) is 0 Å². The van der Waals surface area contributed by atoms with Crippen LogP contribution in [0.5, 0.6) is 0 Å². The van der Waals surface area contributed by atoms with Crippen molar-refractivity contribution in [1.29, 1.82) is 0 Å². The molecule has 0 aliphatic heterocycles. The summed E-state index contributed by atoms with van der Waals surface area (Å²) in [5, 5.41) is 10.6. The molecule has 0 fully saturated rings. The zero-order valence-corrected chi connectivity index (χ0v) is 12.2. The van der Waals surface area contributed by atoms with Crippen molar-refractivity contribution in [3.63, 3.8) is 0 Å². The van der Waals surface area contributed by atoms with Crippen LogP contribution < -0.4 is 5.73 Å². The summed E-state index contributed by atoms with van der Waals surface area (Å²) in [4.78, 5) is 0. The fraction of sp³-hybridized carbons (Fsp3) is 0.600. The van der Waals surface area contributed by atoms with Gasteiger partial charge >= 0.3 is 0 Å². The molecule has 3 N–H and O–H groups in total. The van der Waals surface area contributed by atoms with Crippen molar-refractivity contribution in [3.05, 3.63) is 35.9 Å². The van der Waals surface area contributed by atoms with Crippen molar-refractivity contribution in [2.24, 2.45) is 11.7 Å². The largest absolute Gasteiger partial charge is 0.384 e. The van der Waals surface area contributed by atoms with Gasteiger partial charge in [-0.3, -0.25) is 0 Å². The average Bonchev–Trinajstić information content (AvgIpc) is 2.44. The second-order valence-electron chi connectivity index (χ2n) is 4.94. The van der Waals surface area contributed by atoms with E-state index in [2.05, 4.69) is 13.8 Å². The van der Waals surface area contributed by atoms with Gasteiger partial charge in [-0.05, 0) is 29.4 Å². The van der Waals surface area contributed by atoms with Crippen LogP contribution in [-0.4, -0.2) is 23.2 Å². The lowest BCUT2D eigenvalue weighted by atomic mass is 9.91. The molecular weight excluding hydrogens is 242 g/mol. The van der Waals surface area contributed by atoms with E-state index in [1.807, 2.05) is 42.1 Å². The molecule has 0 heterocycles. The first-order valence-electron chi connectivity index (χ1n) is 6.68. The van der Waals surface area contributed by atoms with Gasteiger partial charge in [0.1, 0.15) is 5.60 Å². The van der Waals surface area contributed by atoms with Crippen LogP contribution in [0.15, 0.2) is 30.3 Å². The second-order valence-corrected chi connectivity index (χ2v) is 6.09. The van der Waals surface area contributed by atoms with Crippen LogP contribution in [0.25, 0.3) is 0 Å². The molecule has 0 spiro atoms. The third kappa shape index (κ3) is 4.63. The van der Waals surface area contributed by atoms with E-state index in [-0.39, 0.29) is 6.54 Å². The van der Waals surface area contributed by atoms with E-state index in [0.29, 0.717) is 6.42 Å². The van der Waals surface area contributed by atoms with E-state index >= 15 is 0 Å². The molecule has 0 amide bonds. The summed E-state index contributed by atoms with van der Waals surface area (Å²) in [5.74, 6) is 2.86. The Kier molecular flexibility index (Phi) is 6.76. The van der Waals surface area contributed by atoms with Crippen molar-refractivity contribution in [2.75, 3.05) is 18.1 Å². The summed E-state index contributed by atoms with van der Waals surface area (Å²) in [6, 6.07) is 9.75. The van der Waals surface area contributed by atoms with E-state index in [1.165, 1.54) is 6.42 Å². The summed E-state index contributed by atoms with van der Waals surface area (Å²) in [6.07, 6.45) is 1.93. The normalized spacial score (nSPS) is 16.2. The number of rotatable bonds is 8. The maximum absolute atomic E-state index is 10.6. The van der Waals surface area contributed by atoms with Gasteiger partial charge in [-0.2, -0.15) is 11.8 Å². The highest BCUT2D eigenvalue weighted by atomic mass is 32.2. The van der Waals surface area contributed by atoms with Crippen molar-refractivity contribution < 1.29 is 5.11 Å². The molecule has 18 heavy (non-hydrogen) atoms. The minimum Gasteiger partial charge on any atom is -0.384 e. The minimum atomic E-state index is -0.871. The van der Waals surface area contributed by atoms with Gasteiger partial charge in [0.15, 0.2) is 0 Å². The van der Waals surface area contributed by atoms with Crippen LogP contribution >= 0.6 is 11.8 Å². The fourth-order valence-corrected chi connectivity index (χ4v) is 3.04. The monoisotopic (exact) mass is 267 g/mol. The van der Waals surface area contributed by atoms with Gasteiger partial charge in [0.2, 0.25) is 0 Å². The molecule has 102 valence electrons. The lowest BCUT2D eigenvalue weighted by Crippen LogP contribution is -2.35. The van der Waals surface area contributed by atoms with Crippen molar-refractivity contribution in [2.45, 2.75) is 32.3 Å². The Labute approximate surface area is 115 Å². The number of hydrogen-bond donors (Lipinski definition) is 2. The number of hydrogen-bond acceptors (Lipinski definition) is 3. The van der Waals surface area contributed by atoms with E-state index < -0.39 is 5.60 Å². The van der Waals surface area contributed by atoms with Crippen LogP contribution in [0, 0.1) is 5.92 Å². The molecular formula is C15H25NOS. The van der Waals surface area contributed by atoms with Crippen molar-refractivity contribution >= 4 is 11.8 Å². The molecule has 0 aliphatic carbocycles. The Bertz CT molecular complexity index is 331. The first-order valence-corrected chi connectivity index (χ1v) is 7.83. The van der Waals surface area contributed by atoms with Crippen molar-refractivity contribution in [3.8, 4) is 0 Å². The fourth-order valence-electron chi connectivity index (χ4n) is 1.76. The molecule has 2 nitrogen and oxygen atoms in total. The first-order chi connectivity index (χ1) is 8.62. The molecule has 0 aromatic heterocycles. The Morgan fingerprint density at radius 2 is 2.00 bits per heavy atom. The molecule has 1 rings (SSSR count). The predicted octanol–water partition coefficient (Wildman–Crippen LogP) is 3.00. The molecule has 0 aliphatic rings. The summed E-state index contributed by atoms with van der Waals surface area (Å²) in [5.41, 5.74) is 5.80. The highest BCUT2D eigenvalue weighted by Crippen LogP contribution is 2.26. The Morgan fingerprint density at radius 3 is 2.56 bits per heavy atom. The van der Waals surface area contributed by atoms with Crippen LogP contribution in [-0.2, 0) is 5.60 Å². The molecule has 0 bridgehead atoms. The molecule has 3 heteroatoms. The third-order valence-electron chi connectivity index (χ3n) is 3.41. The molecule has 0 saturated heterocycles. The number of benzene rings is 1. The average molecular weight is 267 g/mol. The third-order valence-corrected chi connectivity index (χ3v) is 4.71. The molecule has 0 saturated carbocycles. The maximum Gasteiger partial charge on any atom is 0.103 e. The molecule has 2 unspecified atom stereocenters. The Morgan fingerprint density at radius 1 is 1.33 bits per heavy atom. The van der Waals surface area contributed by atoms with Gasteiger partial charge in [0.25, 0.3) is 0 Å². The first kappa shape index (κ1) is 15.5. The molecule has 1 aromatic rings. The Balaban J connectivity index is 2.46. The van der Waals surface area contributed by atoms with E-state index in [9.17, 15) is 5.11 Å². The lowest BCUT2D eigenvalue weighted by molar-refractivity contribution is 0.0431. The number of nitrogens with two attached hydrogens (primary N) is 1. The van der Waals surface area contributed by atoms with Gasteiger partial charge in [-0.25, -0.2) is 0 Å². The van der Waals surface area contributed by atoms with E-state index in [4.69, 9.17) is 5.73 Å². The predicted molar refractivity (Wildman–Crippen MR) is 80.8 cm³/mol. The van der Waals surface area contributed by atoms with Crippen LogP contribution in [0.1, 0.15) is 32.3 Å². The standard InChI is InChI=1S/C15H25NOS/c1-3-13(2)11-18-10-9-15(17,12-16)14-7-5-4-6-8-14/h4-8,13,17H,3,9-12,16H2,1-2H3. The summed E-state index contributed by atoms with van der Waals surface area (Å²) < 4.78 is 0. The van der Waals surface area contributed by atoms with Crippen molar-refractivity contribution in [1.82, 2.24) is 0 Å². The zero-order valence-electron chi connectivity index (χ0n) is 11.4. The minimum absolute atomic E-state index is 0.279. The van der Waals surface area contributed by atoms with Crippen LogP contribution in [0.4, 0.5) is 0 Å². The lowest BCUT2D eigenvalue weighted by Gasteiger charge is -2.27. The van der Waals surface area contributed by atoms with Crippen LogP contribution in [0.2, 0.25) is 0 Å². The summed E-state index contributed by atoms with van der Waals surface area (Å²) in [7, 11) is 0. The highest BCUT2D eigenvalue weighted by Gasteiger charge is 2.26. The smallest absolute Gasteiger partial charge is 0.103 e. The second kappa shape index (κ2) is 7.82. The quantitative estimate of drug-likeness (QED) is 0.712. The van der Waals surface area contributed by atoms with Gasteiger partial charge in [-0.1, -0.05) is 50.6 Å². The molecule has 2 atom stereocenters. The van der Waals surface area contributed by atoms with Gasteiger partial charge in [0.05, 0.1) is 0 Å². The molecule has 1 aromatic carbocycles. The van der Waals surface area contributed by atoms with Gasteiger partial charge < -0.3 is 10.8 Å². The van der Waals surface area contributed by atoms with Gasteiger partial charge in [-0.15, -0.1) is 0 Å². The highest BCUT2D eigenvalue weighted by molar-refractivity contribution is 7.99. The van der Waals surface area contributed by atoms with E-state index in [0.717, 1.165) is 23.0 Å². The molecule has 0 radical (unpaired) electrons. The SMILES string of the molecule is CCC(C)CSCCC(O)(CN)c1ccccc1. The summed E-state index contributed by atoms with van der Waals surface area (Å²) >= 11 is 1.91. The maximum atomic E-state index is 10.6.